The average Bonchev–Trinajstić information content (AvgIpc) is 3.12. The number of phenols is 1. The smallest absolute Gasteiger partial charge is 0.273 e. The summed E-state index contributed by atoms with van der Waals surface area (Å²) in [7, 11) is 0. The van der Waals surface area contributed by atoms with Crippen molar-refractivity contribution >= 4 is 11.4 Å². The quantitative estimate of drug-likeness (QED) is 0.366. The summed E-state index contributed by atoms with van der Waals surface area (Å²) in [5, 5.41) is 25.0. The highest BCUT2D eigenvalue weighted by Crippen LogP contribution is 2.54. The first-order valence-corrected chi connectivity index (χ1v) is 8.76. The number of phenolic OH excluding ortho intramolecular Hbond substituents is 1. The van der Waals surface area contributed by atoms with Crippen molar-refractivity contribution < 1.29 is 14.8 Å². The van der Waals surface area contributed by atoms with Crippen molar-refractivity contribution in [1.29, 1.82) is 0 Å². The molecule has 6 nitrogen and oxygen atoms in total. The minimum atomic E-state index is -0.468. The number of non-ortho nitro benzene ring substituents is 1. The number of nitro benzene ring substituents is 1. The Kier molecular flexibility index (Phi) is 4.03. The summed E-state index contributed by atoms with van der Waals surface area (Å²) in [5.74, 6) is 0.970. The molecule has 2 N–H and O–H groups in total. The van der Waals surface area contributed by atoms with Gasteiger partial charge in [0.25, 0.3) is 5.69 Å². The van der Waals surface area contributed by atoms with Crippen molar-refractivity contribution in [3.63, 3.8) is 0 Å². The first-order chi connectivity index (χ1) is 12.6. The number of fused-ring (bicyclic) bond motifs is 3. The lowest BCUT2D eigenvalue weighted by Gasteiger charge is -2.38. The zero-order valence-electron chi connectivity index (χ0n) is 14.4. The molecule has 4 rings (SSSR count). The number of hydrogen-bond acceptors (Lipinski definition) is 5. The maximum absolute atomic E-state index is 11.2. The van der Waals surface area contributed by atoms with E-state index in [1.165, 1.54) is 6.07 Å². The van der Waals surface area contributed by atoms with E-state index in [0.29, 0.717) is 12.3 Å². The van der Waals surface area contributed by atoms with Gasteiger partial charge < -0.3 is 15.2 Å². The van der Waals surface area contributed by atoms with Gasteiger partial charge in [-0.15, -0.1) is 0 Å². The molecule has 0 aromatic heterocycles. The summed E-state index contributed by atoms with van der Waals surface area (Å²) in [6.07, 6.45) is 5.06. The zero-order chi connectivity index (χ0) is 18.3. The maximum Gasteiger partial charge on any atom is 0.273 e. The van der Waals surface area contributed by atoms with E-state index in [2.05, 4.69) is 17.5 Å². The molecule has 2 aromatic carbocycles. The largest absolute Gasteiger partial charge is 0.506 e. The first-order valence-electron chi connectivity index (χ1n) is 8.76. The van der Waals surface area contributed by atoms with Gasteiger partial charge in [-0.05, 0) is 30.9 Å². The monoisotopic (exact) mass is 352 g/mol. The number of benzene rings is 2. The van der Waals surface area contributed by atoms with Gasteiger partial charge in [0.15, 0.2) is 0 Å². The van der Waals surface area contributed by atoms with E-state index in [0.717, 1.165) is 23.3 Å². The Labute approximate surface area is 151 Å². The Balaban J connectivity index is 1.82. The highest BCUT2D eigenvalue weighted by Gasteiger charge is 2.40. The second-order valence-electron chi connectivity index (χ2n) is 6.63. The molecule has 1 aliphatic heterocycles. The second kappa shape index (κ2) is 6.37. The number of allylic oxidation sites excluding steroid dienone is 2. The molecule has 0 spiro atoms. The van der Waals surface area contributed by atoms with E-state index in [4.69, 9.17) is 4.74 Å². The summed E-state index contributed by atoms with van der Waals surface area (Å²) in [5.41, 5.74) is 2.30. The Morgan fingerprint density at radius 3 is 2.88 bits per heavy atom. The molecular formula is C20H20N2O4. The molecule has 26 heavy (non-hydrogen) atoms. The number of para-hydroxylation sites is 1. The fourth-order valence-electron chi connectivity index (χ4n) is 4.10. The van der Waals surface area contributed by atoms with Gasteiger partial charge in [0, 0.05) is 17.5 Å². The topological polar surface area (TPSA) is 84.6 Å². The van der Waals surface area contributed by atoms with Gasteiger partial charge in [0.05, 0.1) is 29.3 Å². The minimum Gasteiger partial charge on any atom is -0.506 e. The summed E-state index contributed by atoms with van der Waals surface area (Å²) >= 11 is 0. The third-order valence-corrected chi connectivity index (χ3v) is 5.20. The Hall–Kier alpha value is -3.02. The Morgan fingerprint density at radius 2 is 2.12 bits per heavy atom. The van der Waals surface area contributed by atoms with E-state index >= 15 is 0 Å². The van der Waals surface area contributed by atoms with Crippen LogP contribution in [0, 0.1) is 16.0 Å². The van der Waals surface area contributed by atoms with Gasteiger partial charge in [-0.1, -0.05) is 30.4 Å². The number of nitrogens with zero attached hydrogens (tertiary/aromatic N) is 1. The van der Waals surface area contributed by atoms with Crippen LogP contribution in [-0.4, -0.2) is 16.6 Å². The van der Waals surface area contributed by atoms with Crippen LogP contribution in [0.3, 0.4) is 0 Å². The van der Waals surface area contributed by atoms with Crippen LogP contribution in [0.1, 0.15) is 36.4 Å². The average molecular weight is 352 g/mol. The van der Waals surface area contributed by atoms with Crippen molar-refractivity contribution in [1.82, 2.24) is 0 Å². The summed E-state index contributed by atoms with van der Waals surface area (Å²) < 4.78 is 5.80. The van der Waals surface area contributed by atoms with Crippen LogP contribution in [0.25, 0.3) is 0 Å². The van der Waals surface area contributed by atoms with Crippen molar-refractivity contribution in [3.05, 3.63) is 69.8 Å². The van der Waals surface area contributed by atoms with Crippen molar-refractivity contribution in [3.8, 4) is 11.5 Å². The zero-order valence-corrected chi connectivity index (χ0v) is 14.4. The van der Waals surface area contributed by atoms with Crippen LogP contribution in [-0.2, 0) is 0 Å². The number of hydrogen-bond donors (Lipinski definition) is 2. The highest BCUT2D eigenvalue weighted by atomic mass is 16.6. The fraction of sp³-hybridized carbons (Fsp3) is 0.300. The number of rotatable bonds is 4. The number of nitro groups is 1. The molecule has 0 saturated heterocycles. The SMILES string of the molecule is CCOc1ccccc1C1Nc2c(O)cc([N+](=O)[O-])cc2C2C=CCC21. The van der Waals surface area contributed by atoms with Crippen molar-refractivity contribution in [2.24, 2.45) is 5.92 Å². The number of ether oxygens (including phenoxy) is 1. The van der Waals surface area contributed by atoms with E-state index in [1.807, 2.05) is 31.2 Å². The van der Waals surface area contributed by atoms with Crippen LogP contribution in [0.15, 0.2) is 48.6 Å². The second-order valence-corrected chi connectivity index (χ2v) is 6.63. The molecule has 0 fully saturated rings. The molecule has 6 heteroatoms. The molecular weight excluding hydrogens is 332 g/mol. The predicted octanol–water partition coefficient (Wildman–Crippen LogP) is 4.53. The standard InChI is InChI=1S/C20H20N2O4/c1-2-26-18-9-4-3-6-15(18)19-14-8-5-7-13(14)16-10-12(22(24)25)11-17(23)20(16)21-19/h3-7,9-11,13-14,19,21,23H,2,8H2,1H3. The first kappa shape index (κ1) is 16.4. The highest BCUT2D eigenvalue weighted by molar-refractivity contribution is 5.70. The van der Waals surface area contributed by atoms with Gasteiger partial charge in [-0.3, -0.25) is 10.1 Å². The molecule has 1 aliphatic carbocycles. The molecule has 3 unspecified atom stereocenters. The molecule has 0 radical (unpaired) electrons. The summed E-state index contributed by atoms with van der Waals surface area (Å²) in [4.78, 5) is 10.7. The third-order valence-electron chi connectivity index (χ3n) is 5.20. The van der Waals surface area contributed by atoms with E-state index in [1.54, 1.807) is 6.07 Å². The maximum atomic E-state index is 11.2. The van der Waals surface area contributed by atoms with Gasteiger partial charge in [0.1, 0.15) is 11.5 Å². The van der Waals surface area contributed by atoms with Crippen LogP contribution < -0.4 is 10.1 Å². The lowest BCUT2D eigenvalue weighted by Crippen LogP contribution is -2.29. The lowest BCUT2D eigenvalue weighted by molar-refractivity contribution is -0.385. The number of anilines is 1. The van der Waals surface area contributed by atoms with Gasteiger partial charge in [0.2, 0.25) is 0 Å². The van der Waals surface area contributed by atoms with E-state index in [-0.39, 0.29) is 29.3 Å². The molecule has 134 valence electrons. The van der Waals surface area contributed by atoms with Crippen LogP contribution in [0.2, 0.25) is 0 Å². The Bertz CT molecular complexity index is 893. The van der Waals surface area contributed by atoms with E-state index < -0.39 is 4.92 Å². The van der Waals surface area contributed by atoms with Crippen molar-refractivity contribution in [2.45, 2.75) is 25.3 Å². The molecule has 0 bridgehead atoms. The normalized spacial score (nSPS) is 23.0. The molecule has 3 atom stereocenters. The molecule has 1 heterocycles. The van der Waals surface area contributed by atoms with E-state index in [9.17, 15) is 15.2 Å². The molecule has 0 saturated carbocycles. The predicted molar refractivity (Wildman–Crippen MR) is 98.7 cm³/mol. The van der Waals surface area contributed by atoms with Gasteiger partial charge in [-0.25, -0.2) is 0 Å². The lowest BCUT2D eigenvalue weighted by atomic mass is 9.76. The summed E-state index contributed by atoms with van der Waals surface area (Å²) in [6.45, 7) is 2.52. The molecule has 0 amide bonds. The minimum absolute atomic E-state index is 0.0248. The van der Waals surface area contributed by atoms with Crippen LogP contribution >= 0.6 is 0 Å². The number of nitrogens with one attached hydrogen (secondary N) is 1. The van der Waals surface area contributed by atoms with Gasteiger partial charge >= 0.3 is 0 Å². The molecule has 2 aromatic rings. The fourth-order valence-corrected chi connectivity index (χ4v) is 4.10. The Morgan fingerprint density at radius 1 is 1.31 bits per heavy atom. The van der Waals surface area contributed by atoms with Gasteiger partial charge in [-0.2, -0.15) is 0 Å². The van der Waals surface area contributed by atoms with Crippen molar-refractivity contribution in [2.75, 3.05) is 11.9 Å². The van der Waals surface area contributed by atoms with Crippen LogP contribution in [0.5, 0.6) is 11.5 Å². The number of aromatic hydroxyl groups is 1. The summed E-state index contributed by atoms with van der Waals surface area (Å²) in [6, 6.07) is 10.6. The molecule has 2 aliphatic rings. The third kappa shape index (κ3) is 2.58. The van der Waals surface area contributed by atoms with Crippen LogP contribution in [0.4, 0.5) is 11.4 Å².